The van der Waals surface area contributed by atoms with Gasteiger partial charge in [-0.25, -0.2) is 4.39 Å². The summed E-state index contributed by atoms with van der Waals surface area (Å²) in [6.07, 6.45) is 0.483. The largest absolute Gasteiger partial charge is 0.360 e. The number of carbonyl (C=O) groups is 2. The van der Waals surface area contributed by atoms with Gasteiger partial charge in [0.2, 0.25) is 5.91 Å². The Hall–Kier alpha value is -1.91. The van der Waals surface area contributed by atoms with Gasteiger partial charge in [-0.3, -0.25) is 9.59 Å². The van der Waals surface area contributed by atoms with Gasteiger partial charge in [-0.2, -0.15) is 0 Å². The van der Waals surface area contributed by atoms with Gasteiger partial charge in [-0.15, -0.1) is 0 Å². The molecule has 0 aromatic heterocycles. The number of piperazine rings is 1. The summed E-state index contributed by atoms with van der Waals surface area (Å²) in [6.45, 7) is 1.24. The minimum atomic E-state index is -0.557. The minimum absolute atomic E-state index is 0.0113. The van der Waals surface area contributed by atoms with Crippen molar-refractivity contribution in [1.29, 1.82) is 0 Å². The molecule has 1 aromatic carbocycles. The topological polar surface area (TPSA) is 49.4 Å². The number of aldehydes is 1. The van der Waals surface area contributed by atoms with E-state index in [4.69, 9.17) is 0 Å². The first-order chi connectivity index (χ1) is 7.72. The molecule has 0 unspecified atom stereocenters. The average molecular weight is 222 g/mol. The molecule has 2 rings (SSSR count). The second-order valence-electron chi connectivity index (χ2n) is 3.56. The van der Waals surface area contributed by atoms with Crippen molar-refractivity contribution in [2.45, 2.75) is 0 Å². The molecule has 0 radical (unpaired) electrons. The molecular weight excluding hydrogens is 211 g/mol. The number of rotatable bonds is 2. The lowest BCUT2D eigenvalue weighted by atomic mass is 10.1. The van der Waals surface area contributed by atoms with E-state index >= 15 is 0 Å². The molecule has 1 aromatic rings. The van der Waals surface area contributed by atoms with Crippen molar-refractivity contribution in [2.24, 2.45) is 0 Å². The Morgan fingerprint density at radius 1 is 1.44 bits per heavy atom. The summed E-state index contributed by atoms with van der Waals surface area (Å²) in [6, 6.07) is 4.41. The maximum atomic E-state index is 13.3. The lowest BCUT2D eigenvalue weighted by molar-refractivity contribution is -0.120. The fourth-order valence-corrected chi connectivity index (χ4v) is 1.76. The molecule has 16 heavy (non-hydrogen) atoms. The van der Waals surface area contributed by atoms with Crippen LogP contribution >= 0.6 is 0 Å². The highest BCUT2D eigenvalue weighted by molar-refractivity contribution is 5.88. The fourth-order valence-electron chi connectivity index (χ4n) is 1.76. The highest BCUT2D eigenvalue weighted by atomic mass is 19.1. The summed E-state index contributed by atoms with van der Waals surface area (Å²) >= 11 is 0. The number of anilines is 1. The first-order valence-corrected chi connectivity index (χ1v) is 4.97. The van der Waals surface area contributed by atoms with Crippen molar-refractivity contribution in [1.82, 2.24) is 5.32 Å². The predicted octanol–water partition coefficient (Wildman–Crippen LogP) is 0.574. The first kappa shape index (κ1) is 10.6. The van der Waals surface area contributed by atoms with E-state index in [1.54, 1.807) is 11.0 Å². The van der Waals surface area contributed by atoms with Crippen molar-refractivity contribution in [2.75, 3.05) is 24.5 Å². The number of nitrogens with one attached hydrogen (secondary N) is 1. The average Bonchev–Trinajstić information content (AvgIpc) is 2.28. The number of benzene rings is 1. The van der Waals surface area contributed by atoms with E-state index in [1.165, 1.54) is 12.1 Å². The van der Waals surface area contributed by atoms with Gasteiger partial charge in [0.25, 0.3) is 0 Å². The normalized spacial score (nSPS) is 15.8. The highest BCUT2D eigenvalue weighted by Gasteiger charge is 2.20. The zero-order chi connectivity index (χ0) is 11.5. The molecule has 1 fully saturated rings. The second kappa shape index (κ2) is 4.30. The fraction of sp³-hybridized carbons (Fsp3) is 0.273. The molecule has 84 valence electrons. The van der Waals surface area contributed by atoms with Gasteiger partial charge in [0.15, 0.2) is 6.29 Å². The van der Waals surface area contributed by atoms with Crippen LogP contribution in [0.15, 0.2) is 18.2 Å². The van der Waals surface area contributed by atoms with Gasteiger partial charge in [-0.1, -0.05) is 6.07 Å². The molecule has 1 N–H and O–H groups in total. The Kier molecular flexibility index (Phi) is 2.85. The number of amides is 1. The van der Waals surface area contributed by atoms with Crippen LogP contribution in [0.25, 0.3) is 0 Å². The number of halogens is 1. The van der Waals surface area contributed by atoms with Crippen molar-refractivity contribution in [3.05, 3.63) is 29.6 Å². The van der Waals surface area contributed by atoms with Crippen LogP contribution in [-0.4, -0.2) is 31.8 Å². The molecule has 1 saturated heterocycles. The third-order valence-corrected chi connectivity index (χ3v) is 2.53. The number of hydrogen-bond acceptors (Lipinski definition) is 3. The molecule has 5 heteroatoms. The van der Waals surface area contributed by atoms with Crippen LogP contribution in [0.2, 0.25) is 0 Å². The van der Waals surface area contributed by atoms with Crippen LogP contribution in [0.5, 0.6) is 0 Å². The van der Waals surface area contributed by atoms with E-state index in [0.717, 1.165) is 0 Å². The summed E-state index contributed by atoms with van der Waals surface area (Å²) in [5.41, 5.74) is 0.488. The molecule has 1 amide bonds. The highest BCUT2D eigenvalue weighted by Crippen LogP contribution is 2.21. The van der Waals surface area contributed by atoms with Crippen LogP contribution < -0.4 is 10.2 Å². The molecule has 1 heterocycles. The summed E-state index contributed by atoms with van der Waals surface area (Å²) < 4.78 is 13.3. The molecule has 1 aliphatic heterocycles. The summed E-state index contributed by atoms with van der Waals surface area (Å²) in [4.78, 5) is 23.7. The number of hydrogen-bond donors (Lipinski definition) is 1. The molecule has 0 spiro atoms. The van der Waals surface area contributed by atoms with Crippen LogP contribution in [0, 0.1) is 5.82 Å². The van der Waals surface area contributed by atoms with Crippen molar-refractivity contribution in [3.8, 4) is 0 Å². The molecule has 0 atom stereocenters. The van der Waals surface area contributed by atoms with E-state index in [1.807, 2.05) is 0 Å². The van der Waals surface area contributed by atoms with E-state index in [-0.39, 0.29) is 18.0 Å². The Bertz CT molecular complexity index is 434. The van der Waals surface area contributed by atoms with Crippen molar-refractivity contribution < 1.29 is 14.0 Å². The van der Waals surface area contributed by atoms with Gasteiger partial charge in [0.1, 0.15) is 5.82 Å². The van der Waals surface area contributed by atoms with Crippen LogP contribution in [0.1, 0.15) is 10.4 Å². The van der Waals surface area contributed by atoms with Crippen LogP contribution in [-0.2, 0) is 4.79 Å². The van der Waals surface area contributed by atoms with E-state index < -0.39 is 5.82 Å². The summed E-state index contributed by atoms with van der Waals surface area (Å²) in [5, 5.41) is 2.67. The Morgan fingerprint density at radius 3 is 2.94 bits per heavy atom. The van der Waals surface area contributed by atoms with E-state index in [0.29, 0.717) is 25.1 Å². The molecule has 0 aliphatic carbocycles. The molecule has 0 bridgehead atoms. The molecule has 4 nitrogen and oxygen atoms in total. The monoisotopic (exact) mass is 222 g/mol. The number of nitrogens with zero attached hydrogens (tertiary/aromatic N) is 1. The van der Waals surface area contributed by atoms with Gasteiger partial charge in [0.05, 0.1) is 17.8 Å². The summed E-state index contributed by atoms with van der Waals surface area (Å²) in [7, 11) is 0. The van der Waals surface area contributed by atoms with Crippen LogP contribution in [0.3, 0.4) is 0 Å². The molecule has 0 saturated carbocycles. The smallest absolute Gasteiger partial charge is 0.239 e. The number of carbonyl (C=O) groups excluding carboxylic acids is 2. The Morgan fingerprint density at radius 2 is 2.25 bits per heavy atom. The Labute approximate surface area is 92.0 Å². The third-order valence-electron chi connectivity index (χ3n) is 2.53. The summed E-state index contributed by atoms with van der Waals surface area (Å²) in [5.74, 6) is -0.675. The van der Waals surface area contributed by atoms with E-state index in [2.05, 4.69) is 5.32 Å². The maximum absolute atomic E-state index is 13.3. The predicted molar refractivity (Wildman–Crippen MR) is 57.0 cm³/mol. The zero-order valence-corrected chi connectivity index (χ0v) is 8.57. The van der Waals surface area contributed by atoms with Crippen molar-refractivity contribution in [3.63, 3.8) is 0 Å². The molecule has 1 aliphatic rings. The first-order valence-electron chi connectivity index (χ1n) is 4.97. The standard InChI is InChI=1S/C11H11FN2O2/c12-9-2-1-3-10(8(9)7-15)14-5-4-13-11(16)6-14/h1-3,7H,4-6H2,(H,13,16). The quantitative estimate of drug-likeness (QED) is 0.744. The maximum Gasteiger partial charge on any atom is 0.239 e. The lowest BCUT2D eigenvalue weighted by Crippen LogP contribution is -2.48. The minimum Gasteiger partial charge on any atom is -0.360 e. The second-order valence-corrected chi connectivity index (χ2v) is 3.56. The Balaban J connectivity index is 2.35. The SMILES string of the molecule is O=Cc1c(F)cccc1N1CCNC(=O)C1. The van der Waals surface area contributed by atoms with Gasteiger partial charge < -0.3 is 10.2 Å². The molecular formula is C11H11FN2O2. The zero-order valence-electron chi connectivity index (χ0n) is 8.57. The lowest BCUT2D eigenvalue weighted by Gasteiger charge is -2.29. The van der Waals surface area contributed by atoms with Crippen molar-refractivity contribution >= 4 is 17.9 Å². The van der Waals surface area contributed by atoms with Gasteiger partial charge >= 0.3 is 0 Å². The third kappa shape index (κ3) is 1.88. The van der Waals surface area contributed by atoms with Gasteiger partial charge in [-0.05, 0) is 12.1 Å². The van der Waals surface area contributed by atoms with E-state index in [9.17, 15) is 14.0 Å². The van der Waals surface area contributed by atoms with Gasteiger partial charge in [0, 0.05) is 13.1 Å². The van der Waals surface area contributed by atoms with Crippen LogP contribution in [0.4, 0.5) is 10.1 Å².